The molecule has 5 nitrogen and oxygen atoms in total. The van der Waals surface area contributed by atoms with Gasteiger partial charge in [0.2, 0.25) is 0 Å². The molecule has 0 saturated carbocycles. The molecule has 0 atom stereocenters. The summed E-state index contributed by atoms with van der Waals surface area (Å²) < 4.78 is 20.6. The van der Waals surface area contributed by atoms with Crippen molar-refractivity contribution < 1.29 is 13.6 Å². The van der Waals surface area contributed by atoms with E-state index < -0.39 is 0 Å². The van der Waals surface area contributed by atoms with E-state index in [1.165, 1.54) is 5.39 Å². The zero-order chi connectivity index (χ0) is 46.6. The van der Waals surface area contributed by atoms with Crippen molar-refractivity contribution in [1.82, 2.24) is 0 Å². The molecule has 14 aromatic rings. The lowest BCUT2D eigenvalue weighted by molar-refractivity contribution is 0.487. The van der Waals surface area contributed by atoms with Crippen molar-refractivity contribution in [2.24, 2.45) is 0 Å². The monoisotopic (exact) mass is 908 g/mol. The zero-order valence-corrected chi connectivity index (χ0v) is 38.2. The van der Waals surface area contributed by atoms with E-state index in [2.05, 4.69) is 228 Å². The minimum absolute atomic E-state index is 0.788. The van der Waals surface area contributed by atoms with Gasteiger partial charge in [-0.25, -0.2) is 0 Å². The van der Waals surface area contributed by atoms with Gasteiger partial charge in [-0.3, -0.25) is 0 Å². The molecule has 0 unspecified atom stereocenters. The van der Waals surface area contributed by atoms with Crippen LogP contribution in [0.4, 0.5) is 34.1 Å². The summed E-state index contributed by atoms with van der Waals surface area (Å²) >= 11 is 0. The van der Waals surface area contributed by atoms with Crippen molar-refractivity contribution in [1.29, 1.82) is 0 Å². The Labute approximate surface area is 408 Å². The molecule has 0 radical (unpaired) electrons. The van der Waals surface area contributed by atoms with Crippen LogP contribution in [-0.2, 0) is 0 Å². The van der Waals surface area contributed by atoms with Gasteiger partial charge in [-0.15, -0.1) is 0 Å². The van der Waals surface area contributed by atoms with E-state index in [-0.39, 0.29) is 0 Å². The van der Waals surface area contributed by atoms with Crippen LogP contribution < -0.4 is 14.5 Å². The second-order valence-electron chi connectivity index (χ2n) is 18.3. The smallest absolute Gasteiger partial charge is 0.159 e. The Hall–Kier alpha value is -9.58. The number of benzene rings is 12. The van der Waals surface area contributed by atoms with E-state index in [1.807, 2.05) is 24.3 Å². The SMILES string of the molecule is c1ccc(-c2ccccc2N(c2ccc3c(c2)Oc2cccc4c2c-3cc2c3ccccc3c(N(c3ccccc3)c3cccc5c3oc3ccccc35)cc42)c2cccc3c2oc2ccccc23)cc1. The lowest BCUT2D eigenvalue weighted by atomic mass is 9.88. The number of nitrogens with zero attached hydrogens (tertiary/aromatic N) is 2. The quantitative estimate of drug-likeness (QED) is 0.149. The molecular formula is C66H40N2O3. The van der Waals surface area contributed by atoms with Crippen LogP contribution in [0, 0.1) is 0 Å². The predicted octanol–water partition coefficient (Wildman–Crippen LogP) is 19.3. The molecule has 12 aromatic carbocycles. The summed E-state index contributed by atoms with van der Waals surface area (Å²) in [6, 6.07) is 86.0. The number of anilines is 6. The van der Waals surface area contributed by atoms with E-state index >= 15 is 0 Å². The first-order valence-electron chi connectivity index (χ1n) is 24.1. The minimum atomic E-state index is 0.788. The van der Waals surface area contributed by atoms with Crippen LogP contribution in [0.3, 0.4) is 0 Å². The molecule has 3 heterocycles. The van der Waals surface area contributed by atoms with Gasteiger partial charge in [-0.2, -0.15) is 0 Å². The van der Waals surface area contributed by atoms with Crippen LogP contribution in [0.5, 0.6) is 11.5 Å². The fourth-order valence-electron chi connectivity index (χ4n) is 11.3. The van der Waals surface area contributed by atoms with Gasteiger partial charge in [0.15, 0.2) is 11.2 Å². The molecule has 71 heavy (non-hydrogen) atoms. The second-order valence-corrected chi connectivity index (χ2v) is 18.3. The Morgan fingerprint density at radius 3 is 1.52 bits per heavy atom. The Balaban J connectivity index is 0.947. The molecular weight excluding hydrogens is 869 g/mol. The predicted molar refractivity (Wildman–Crippen MR) is 294 cm³/mol. The Kier molecular flexibility index (Phi) is 8.59. The van der Waals surface area contributed by atoms with E-state index in [1.54, 1.807) is 0 Å². The van der Waals surface area contributed by atoms with E-state index in [0.29, 0.717) is 0 Å². The highest BCUT2D eigenvalue weighted by Gasteiger charge is 2.28. The lowest BCUT2D eigenvalue weighted by Crippen LogP contribution is -2.12. The Bertz CT molecular complexity index is 4460. The third-order valence-corrected chi connectivity index (χ3v) is 14.4. The molecule has 0 amide bonds. The van der Waals surface area contributed by atoms with Crippen molar-refractivity contribution in [2.45, 2.75) is 0 Å². The summed E-state index contributed by atoms with van der Waals surface area (Å²) in [4.78, 5) is 4.69. The number of para-hydroxylation sites is 6. The van der Waals surface area contributed by atoms with Crippen LogP contribution in [0.15, 0.2) is 251 Å². The average Bonchev–Trinajstić information content (AvgIpc) is 4.02. The number of furan rings is 2. The maximum absolute atomic E-state index is 7.12. The molecule has 332 valence electrons. The normalized spacial score (nSPS) is 12.1. The van der Waals surface area contributed by atoms with E-state index in [4.69, 9.17) is 13.6 Å². The second kappa shape index (κ2) is 15.5. The van der Waals surface area contributed by atoms with Gasteiger partial charge >= 0.3 is 0 Å². The first-order valence-corrected chi connectivity index (χ1v) is 24.1. The first-order chi connectivity index (χ1) is 35.2. The summed E-state index contributed by atoms with van der Waals surface area (Å²) in [5, 5.41) is 11.2. The van der Waals surface area contributed by atoms with E-state index in [9.17, 15) is 0 Å². The maximum Gasteiger partial charge on any atom is 0.159 e. The van der Waals surface area contributed by atoms with Crippen molar-refractivity contribution in [3.8, 4) is 33.8 Å². The summed E-state index contributed by atoms with van der Waals surface area (Å²) in [6.45, 7) is 0. The zero-order valence-electron chi connectivity index (χ0n) is 38.2. The van der Waals surface area contributed by atoms with E-state index in [0.717, 1.165) is 139 Å². The van der Waals surface area contributed by atoms with Crippen LogP contribution >= 0.6 is 0 Å². The highest BCUT2D eigenvalue weighted by molar-refractivity contribution is 6.26. The first kappa shape index (κ1) is 39.4. The number of fused-ring (bicyclic) bond motifs is 12. The number of hydrogen-bond donors (Lipinski definition) is 0. The lowest BCUT2D eigenvalue weighted by Gasteiger charge is -2.30. The van der Waals surface area contributed by atoms with Gasteiger partial charge in [-0.1, -0.05) is 164 Å². The molecule has 0 aliphatic carbocycles. The fraction of sp³-hybridized carbons (Fsp3) is 0. The van der Waals surface area contributed by atoms with Crippen molar-refractivity contribution >= 4 is 110 Å². The van der Waals surface area contributed by atoms with Crippen LogP contribution in [0.25, 0.3) is 98.4 Å². The Morgan fingerprint density at radius 1 is 0.268 bits per heavy atom. The van der Waals surface area contributed by atoms with Gasteiger partial charge in [0.25, 0.3) is 0 Å². The third-order valence-electron chi connectivity index (χ3n) is 14.4. The molecule has 0 saturated heterocycles. The van der Waals surface area contributed by atoms with Gasteiger partial charge in [-0.05, 0) is 105 Å². The molecule has 2 aromatic heterocycles. The molecule has 0 spiro atoms. The molecule has 15 rings (SSSR count). The summed E-state index contributed by atoms with van der Waals surface area (Å²) in [7, 11) is 0. The average molecular weight is 909 g/mol. The van der Waals surface area contributed by atoms with Crippen LogP contribution in [-0.4, -0.2) is 0 Å². The number of ether oxygens (including phenoxy) is 1. The molecule has 1 aliphatic rings. The Morgan fingerprint density at radius 2 is 0.803 bits per heavy atom. The number of rotatable bonds is 7. The maximum atomic E-state index is 7.12. The van der Waals surface area contributed by atoms with Crippen molar-refractivity contribution in [3.05, 3.63) is 243 Å². The van der Waals surface area contributed by atoms with Gasteiger partial charge < -0.3 is 23.4 Å². The largest absolute Gasteiger partial charge is 0.456 e. The topological polar surface area (TPSA) is 42.0 Å². The highest BCUT2D eigenvalue weighted by Crippen LogP contribution is 2.54. The summed E-state index contributed by atoms with van der Waals surface area (Å²) in [5.41, 5.74) is 13.8. The van der Waals surface area contributed by atoms with Crippen molar-refractivity contribution in [3.63, 3.8) is 0 Å². The number of hydrogen-bond acceptors (Lipinski definition) is 5. The van der Waals surface area contributed by atoms with Crippen molar-refractivity contribution in [2.75, 3.05) is 9.80 Å². The minimum Gasteiger partial charge on any atom is -0.456 e. The molecule has 1 aliphatic heterocycles. The summed E-state index contributed by atoms with van der Waals surface area (Å²) in [5.74, 6) is 1.61. The molecule has 0 N–H and O–H groups in total. The standard InChI is InChI=1S/C66H40N2O3/c1-3-18-41(19-4-1)44-22-9-12-30-56(44)68(58-32-16-29-52-48-26-11-14-34-61(48)71-66(52)58)43-36-37-49-55-39-53-45-23-7-8-24-46(45)59(40-54(53)50-27-17-35-62(64(50)55)69-63(49)38-43)67(42-20-5-2-6-21-42)57-31-15-28-51-47-25-10-13-33-60(47)70-65(51)57/h1-40H. The van der Waals surface area contributed by atoms with Crippen LogP contribution in [0.2, 0.25) is 0 Å². The van der Waals surface area contributed by atoms with Gasteiger partial charge in [0, 0.05) is 55.2 Å². The highest BCUT2D eigenvalue weighted by atomic mass is 16.5. The fourth-order valence-corrected chi connectivity index (χ4v) is 11.3. The van der Waals surface area contributed by atoms with Gasteiger partial charge in [0.1, 0.15) is 22.7 Å². The molecule has 0 fully saturated rings. The van der Waals surface area contributed by atoms with Gasteiger partial charge in [0.05, 0.1) is 28.4 Å². The third kappa shape index (κ3) is 6.00. The molecule has 0 bridgehead atoms. The molecule has 5 heteroatoms. The van der Waals surface area contributed by atoms with Crippen LogP contribution in [0.1, 0.15) is 0 Å². The summed E-state index contributed by atoms with van der Waals surface area (Å²) in [6.07, 6.45) is 0.